The van der Waals surface area contributed by atoms with Crippen molar-refractivity contribution in [1.82, 2.24) is 26.3 Å². The van der Waals surface area contributed by atoms with Crippen LogP contribution in [0.2, 0.25) is 0 Å². The van der Waals surface area contributed by atoms with Crippen molar-refractivity contribution in [2.75, 3.05) is 13.1 Å². The minimum atomic E-state index is -1.03. The maximum Gasteiger partial charge on any atom is 0.243 e. The number of nitrogens with one attached hydrogen (secondary N) is 5. The number of carbonyl (C=O) groups is 4. The Bertz CT molecular complexity index is 1410. The maximum absolute atomic E-state index is 13.9. The summed E-state index contributed by atoms with van der Waals surface area (Å²) in [7, 11) is 0. The average molecular weight is 605 g/mol. The lowest BCUT2D eigenvalue weighted by Crippen LogP contribution is -2.57. The van der Waals surface area contributed by atoms with Gasteiger partial charge in [0.15, 0.2) is 0 Å². The molecule has 11 heteroatoms. The minimum Gasteiger partial charge on any atom is -0.508 e. The van der Waals surface area contributed by atoms with Crippen LogP contribution in [0, 0.1) is 0 Å². The molecule has 3 aromatic rings. The topological polar surface area (TPSA) is 178 Å². The summed E-state index contributed by atoms with van der Waals surface area (Å²) >= 11 is 0. The Balaban J connectivity index is 1.63. The number of hydrogen-bond donors (Lipinski definition) is 7. The van der Waals surface area contributed by atoms with E-state index in [1.165, 1.54) is 12.1 Å². The number of unbranched alkanes of at least 4 members (excludes halogenated alkanes) is 1. The van der Waals surface area contributed by atoms with Crippen molar-refractivity contribution in [2.45, 2.75) is 82.3 Å². The van der Waals surface area contributed by atoms with Gasteiger partial charge in [0.2, 0.25) is 23.6 Å². The number of nitrogens with two attached hydrogens (primary N) is 1. The lowest BCUT2D eigenvalue weighted by Gasteiger charge is -2.25. The highest BCUT2D eigenvalue weighted by Crippen LogP contribution is 2.20. The van der Waals surface area contributed by atoms with Gasteiger partial charge in [0.1, 0.15) is 23.9 Å². The number of aromatic nitrogens is 1. The minimum absolute atomic E-state index is 0.0941. The number of fused-ring (bicyclic) bond motifs is 1. The monoisotopic (exact) mass is 604 g/mol. The highest BCUT2D eigenvalue weighted by Gasteiger charge is 2.30. The van der Waals surface area contributed by atoms with Gasteiger partial charge in [0.05, 0.1) is 0 Å². The molecule has 0 aliphatic carbocycles. The van der Waals surface area contributed by atoms with Gasteiger partial charge in [-0.3, -0.25) is 19.2 Å². The van der Waals surface area contributed by atoms with Gasteiger partial charge in [-0.25, -0.2) is 0 Å². The van der Waals surface area contributed by atoms with E-state index in [1.54, 1.807) is 12.1 Å². The van der Waals surface area contributed by atoms with Crippen LogP contribution in [0.4, 0.5) is 0 Å². The van der Waals surface area contributed by atoms with E-state index >= 15 is 0 Å². The zero-order valence-corrected chi connectivity index (χ0v) is 25.1. The van der Waals surface area contributed by atoms with Gasteiger partial charge in [-0.15, -0.1) is 0 Å². The molecule has 1 aromatic heterocycles. The summed E-state index contributed by atoms with van der Waals surface area (Å²) < 4.78 is 0. The summed E-state index contributed by atoms with van der Waals surface area (Å²) in [6.07, 6.45) is 7.25. The molecule has 0 saturated carbocycles. The first-order valence-electron chi connectivity index (χ1n) is 15.5. The van der Waals surface area contributed by atoms with Crippen LogP contribution in [0.15, 0.2) is 54.7 Å². The summed E-state index contributed by atoms with van der Waals surface area (Å²) in [5.74, 6) is -1.43. The van der Waals surface area contributed by atoms with Gasteiger partial charge in [-0.1, -0.05) is 43.2 Å². The molecule has 1 aliphatic heterocycles. The largest absolute Gasteiger partial charge is 0.508 e. The fourth-order valence-corrected chi connectivity index (χ4v) is 5.48. The Kier molecular flexibility index (Phi) is 12.2. The predicted octanol–water partition coefficient (Wildman–Crippen LogP) is 2.32. The average Bonchev–Trinajstić information content (AvgIpc) is 3.42. The Morgan fingerprint density at radius 1 is 0.750 bits per heavy atom. The fraction of sp³-hybridized carbons (Fsp3) is 0.455. The second kappa shape index (κ2) is 16.5. The van der Waals surface area contributed by atoms with E-state index in [0.717, 1.165) is 41.3 Å². The van der Waals surface area contributed by atoms with E-state index in [2.05, 4.69) is 26.3 Å². The molecule has 0 radical (unpaired) electrons. The Morgan fingerprint density at radius 3 is 2.23 bits per heavy atom. The summed E-state index contributed by atoms with van der Waals surface area (Å²) in [4.78, 5) is 57.0. The Hall–Kier alpha value is -4.38. The number of aromatic hydroxyl groups is 1. The van der Waals surface area contributed by atoms with Gasteiger partial charge >= 0.3 is 0 Å². The number of carbonyl (C=O) groups excluding carboxylic acids is 4. The number of H-pyrrole nitrogens is 1. The van der Waals surface area contributed by atoms with Gasteiger partial charge < -0.3 is 37.1 Å². The molecule has 44 heavy (non-hydrogen) atoms. The number of amides is 4. The van der Waals surface area contributed by atoms with Gasteiger partial charge in [0.25, 0.3) is 0 Å². The van der Waals surface area contributed by atoms with Crippen LogP contribution < -0.4 is 27.0 Å². The molecule has 4 rings (SSSR count). The predicted molar refractivity (Wildman–Crippen MR) is 169 cm³/mol. The third-order valence-electron chi connectivity index (χ3n) is 7.97. The van der Waals surface area contributed by atoms with E-state index in [-0.39, 0.29) is 36.8 Å². The highest BCUT2D eigenvalue weighted by molar-refractivity contribution is 5.95. The third kappa shape index (κ3) is 9.57. The second-order valence-corrected chi connectivity index (χ2v) is 11.4. The standard InChI is InChI=1S/C33H44N6O5/c34-17-7-6-11-27-31(42)35-18-8-2-1-3-12-30(41)37-28(19-22-13-15-24(40)16-14-22)32(43)39-29(33(44)38-27)20-23-21-36-26-10-5-4-9-25(23)26/h4-5,9-10,13-16,21,27-29,36,40H,1-3,6-8,11-12,17-20,34H2,(H,35,42)(H,37,41)(H,38,44)(H,39,43)/t27?,28-,29?/m0/s1. The first-order valence-corrected chi connectivity index (χ1v) is 15.5. The summed E-state index contributed by atoms with van der Waals surface area (Å²) in [5, 5.41) is 22.2. The van der Waals surface area contributed by atoms with Crippen molar-refractivity contribution < 1.29 is 24.3 Å². The van der Waals surface area contributed by atoms with Crippen molar-refractivity contribution >= 4 is 34.5 Å². The molecule has 2 heterocycles. The first kappa shape index (κ1) is 32.5. The van der Waals surface area contributed by atoms with Crippen molar-refractivity contribution in [3.05, 3.63) is 65.9 Å². The summed E-state index contributed by atoms with van der Waals surface area (Å²) in [5.41, 5.74) is 8.15. The number of rotatable bonds is 8. The fourth-order valence-electron chi connectivity index (χ4n) is 5.48. The van der Waals surface area contributed by atoms with E-state index in [1.807, 2.05) is 30.5 Å². The molecule has 1 saturated heterocycles. The zero-order valence-electron chi connectivity index (χ0n) is 25.1. The van der Waals surface area contributed by atoms with Gasteiger partial charge in [0, 0.05) is 42.9 Å². The molecule has 3 atom stereocenters. The molecular weight excluding hydrogens is 560 g/mol. The lowest BCUT2D eigenvalue weighted by molar-refractivity contribution is -0.133. The molecular formula is C33H44N6O5. The number of para-hydroxylation sites is 1. The van der Waals surface area contributed by atoms with Crippen molar-refractivity contribution in [1.29, 1.82) is 0 Å². The van der Waals surface area contributed by atoms with E-state index in [4.69, 9.17) is 5.73 Å². The van der Waals surface area contributed by atoms with Gasteiger partial charge in [-0.05, 0) is 68.0 Å². The van der Waals surface area contributed by atoms with Gasteiger partial charge in [-0.2, -0.15) is 0 Å². The molecule has 1 fully saturated rings. The van der Waals surface area contributed by atoms with Crippen LogP contribution in [0.1, 0.15) is 62.5 Å². The van der Waals surface area contributed by atoms with E-state index < -0.39 is 29.9 Å². The number of benzene rings is 2. The maximum atomic E-state index is 13.9. The molecule has 11 nitrogen and oxygen atoms in total. The number of aromatic amines is 1. The normalized spacial score (nSPS) is 21.2. The Morgan fingerprint density at radius 2 is 1.45 bits per heavy atom. The smallest absolute Gasteiger partial charge is 0.243 e. The summed E-state index contributed by atoms with van der Waals surface area (Å²) in [6.45, 7) is 0.953. The summed E-state index contributed by atoms with van der Waals surface area (Å²) in [6, 6.07) is 11.4. The van der Waals surface area contributed by atoms with Crippen molar-refractivity contribution in [3.63, 3.8) is 0 Å². The molecule has 0 spiro atoms. The first-order chi connectivity index (χ1) is 21.3. The van der Waals surface area contributed by atoms with Crippen LogP contribution in [0.5, 0.6) is 5.75 Å². The molecule has 2 unspecified atom stereocenters. The van der Waals surface area contributed by atoms with E-state index in [0.29, 0.717) is 38.8 Å². The third-order valence-corrected chi connectivity index (χ3v) is 7.97. The molecule has 1 aliphatic rings. The number of phenols is 1. The van der Waals surface area contributed by atoms with Crippen LogP contribution in [0.3, 0.4) is 0 Å². The number of hydrogen-bond acceptors (Lipinski definition) is 6. The Labute approximate surface area is 257 Å². The van der Waals surface area contributed by atoms with Crippen LogP contribution in [-0.4, -0.2) is 64.9 Å². The van der Waals surface area contributed by atoms with Crippen LogP contribution in [-0.2, 0) is 32.0 Å². The SMILES string of the molecule is NCCCCC1NC(=O)C(Cc2c[nH]c3ccccc23)NC(=O)[C@H](Cc2ccc(O)cc2)NC(=O)CCCCCCNC1=O. The molecule has 2 aromatic carbocycles. The van der Waals surface area contributed by atoms with E-state index in [9.17, 15) is 24.3 Å². The van der Waals surface area contributed by atoms with Crippen molar-refractivity contribution in [3.8, 4) is 5.75 Å². The second-order valence-electron chi connectivity index (χ2n) is 11.4. The van der Waals surface area contributed by atoms with Crippen LogP contribution in [0.25, 0.3) is 10.9 Å². The van der Waals surface area contributed by atoms with Crippen molar-refractivity contribution in [2.24, 2.45) is 5.73 Å². The number of phenolic OH excluding ortho intramolecular Hbond substituents is 1. The quantitative estimate of drug-likeness (QED) is 0.194. The molecule has 8 N–H and O–H groups in total. The highest BCUT2D eigenvalue weighted by atomic mass is 16.3. The van der Waals surface area contributed by atoms with Crippen LogP contribution >= 0.6 is 0 Å². The molecule has 236 valence electrons. The molecule has 0 bridgehead atoms. The lowest BCUT2D eigenvalue weighted by atomic mass is 10.0. The molecule has 4 amide bonds. The zero-order chi connectivity index (χ0) is 31.3.